The fourth-order valence-electron chi connectivity index (χ4n) is 2.80. The molecule has 1 fully saturated rings. The van der Waals surface area contributed by atoms with Crippen molar-refractivity contribution >= 4 is 41.3 Å². The molecule has 0 saturated carbocycles. The van der Waals surface area contributed by atoms with Gasteiger partial charge in [-0.1, -0.05) is 0 Å². The highest BCUT2D eigenvalue weighted by Crippen LogP contribution is 2.25. The summed E-state index contributed by atoms with van der Waals surface area (Å²) < 4.78 is 10.6. The number of carbonyl (C=O) groups excluding carboxylic acids is 2. The third kappa shape index (κ3) is 5.04. The van der Waals surface area contributed by atoms with Gasteiger partial charge in [-0.15, -0.1) is 12.4 Å². The van der Waals surface area contributed by atoms with Crippen molar-refractivity contribution < 1.29 is 19.1 Å². The Balaban J connectivity index is 0.00000261. The summed E-state index contributed by atoms with van der Waals surface area (Å²) in [6.45, 7) is 0.611. The Labute approximate surface area is 163 Å². The average molecular weight is 392 g/mol. The molecule has 3 N–H and O–H groups in total. The number of nitrogen functional groups attached to an aromatic ring is 1. The molecule has 1 heterocycles. The van der Waals surface area contributed by atoms with Crippen molar-refractivity contribution in [3.05, 3.63) is 42.5 Å². The smallest absolute Gasteiger partial charge is 0.262 e. The van der Waals surface area contributed by atoms with E-state index in [-0.39, 0.29) is 30.8 Å². The highest BCUT2D eigenvalue weighted by Gasteiger charge is 2.21. The molecular formula is C19H22ClN3O4. The fraction of sp³-hybridized carbons (Fsp3) is 0.263. The van der Waals surface area contributed by atoms with E-state index in [4.69, 9.17) is 15.2 Å². The van der Waals surface area contributed by atoms with Crippen LogP contribution in [0.5, 0.6) is 11.5 Å². The second kappa shape index (κ2) is 9.14. The number of hydrogen-bond acceptors (Lipinski definition) is 5. The van der Waals surface area contributed by atoms with Crippen LogP contribution >= 0.6 is 12.4 Å². The first-order chi connectivity index (χ1) is 12.6. The molecule has 0 atom stereocenters. The molecule has 144 valence electrons. The van der Waals surface area contributed by atoms with Crippen LogP contribution in [-0.2, 0) is 9.59 Å². The Hall–Kier alpha value is -2.93. The van der Waals surface area contributed by atoms with Crippen LogP contribution in [0.3, 0.4) is 0 Å². The van der Waals surface area contributed by atoms with Crippen LogP contribution in [0.4, 0.5) is 17.1 Å². The van der Waals surface area contributed by atoms with E-state index in [1.165, 1.54) is 7.11 Å². The van der Waals surface area contributed by atoms with E-state index in [0.29, 0.717) is 29.3 Å². The lowest BCUT2D eigenvalue weighted by Gasteiger charge is -2.16. The minimum Gasteiger partial charge on any atom is -0.495 e. The standard InChI is InChI=1S/C19H21N3O4.ClH/c1-25-17-9-4-13(11-16(17)20)21-18(23)12-26-15-7-5-14(6-8-15)22-10-2-3-19(22)24;/h4-9,11H,2-3,10,12,20H2,1H3,(H,21,23);1H. The molecule has 0 radical (unpaired) electrons. The van der Waals surface area contributed by atoms with Gasteiger partial charge in [0.2, 0.25) is 5.91 Å². The zero-order valence-corrected chi connectivity index (χ0v) is 15.8. The van der Waals surface area contributed by atoms with Crippen LogP contribution in [0.1, 0.15) is 12.8 Å². The number of anilines is 3. The van der Waals surface area contributed by atoms with Gasteiger partial charge in [0.1, 0.15) is 11.5 Å². The van der Waals surface area contributed by atoms with E-state index >= 15 is 0 Å². The van der Waals surface area contributed by atoms with E-state index in [9.17, 15) is 9.59 Å². The molecule has 0 aliphatic carbocycles. The van der Waals surface area contributed by atoms with Crippen molar-refractivity contribution in [3.8, 4) is 11.5 Å². The van der Waals surface area contributed by atoms with Crippen molar-refractivity contribution in [2.24, 2.45) is 0 Å². The molecule has 2 amide bonds. The molecule has 0 spiro atoms. The topological polar surface area (TPSA) is 93.9 Å². The predicted octanol–water partition coefficient (Wildman–Crippen LogP) is 2.84. The van der Waals surface area contributed by atoms with E-state index in [0.717, 1.165) is 18.7 Å². The molecule has 2 aromatic rings. The Morgan fingerprint density at radius 1 is 1.22 bits per heavy atom. The molecule has 0 unspecified atom stereocenters. The molecule has 27 heavy (non-hydrogen) atoms. The molecule has 1 aliphatic heterocycles. The summed E-state index contributed by atoms with van der Waals surface area (Å²) in [7, 11) is 1.53. The van der Waals surface area contributed by atoms with Crippen LogP contribution in [0.25, 0.3) is 0 Å². The van der Waals surface area contributed by atoms with Gasteiger partial charge in [-0.3, -0.25) is 9.59 Å². The number of amides is 2. The van der Waals surface area contributed by atoms with Gasteiger partial charge in [0, 0.05) is 24.3 Å². The molecule has 0 bridgehead atoms. The van der Waals surface area contributed by atoms with Crippen LogP contribution < -0.4 is 25.4 Å². The number of halogens is 1. The van der Waals surface area contributed by atoms with Crippen molar-refractivity contribution in [1.29, 1.82) is 0 Å². The highest BCUT2D eigenvalue weighted by molar-refractivity contribution is 5.95. The van der Waals surface area contributed by atoms with Gasteiger partial charge >= 0.3 is 0 Å². The third-order valence-corrected chi connectivity index (χ3v) is 4.11. The summed E-state index contributed by atoms with van der Waals surface area (Å²) in [5, 5.41) is 2.71. The first kappa shape index (κ1) is 20.4. The predicted molar refractivity (Wildman–Crippen MR) is 107 cm³/mol. The molecule has 1 aliphatic rings. The number of methoxy groups -OCH3 is 1. The summed E-state index contributed by atoms with van der Waals surface area (Å²) in [6, 6.07) is 12.2. The Morgan fingerprint density at radius 3 is 2.56 bits per heavy atom. The van der Waals surface area contributed by atoms with Crippen LogP contribution in [0, 0.1) is 0 Å². The Morgan fingerprint density at radius 2 is 1.96 bits per heavy atom. The fourth-order valence-corrected chi connectivity index (χ4v) is 2.80. The number of nitrogens with one attached hydrogen (secondary N) is 1. The normalized spacial score (nSPS) is 13.1. The van der Waals surface area contributed by atoms with Crippen molar-refractivity contribution in [3.63, 3.8) is 0 Å². The zero-order valence-electron chi connectivity index (χ0n) is 14.9. The first-order valence-electron chi connectivity index (χ1n) is 8.33. The SMILES string of the molecule is COc1ccc(NC(=O)COc2ccc(N3CCCC3=O)cc2)cc1N.Cl. The quantitative estimate of drug-likeness (QED) is 0.738. The minimum atomic E-state index is -0.298. The maximum Gasteiger partial charge on any atom is 0.262 e. The van der Waals surface area contributed by atoms with Gasteiger partial charge in [0.15, 0.2) is 6.61 Å². The van der Waals surface area contributed by atoms with E-state index in [1.54, 1.807) is 35.2 Å². The van der Waals surface area contributed by atoms with E-state index < -0.39 is 0 Å². The Kier molecular flexibility index (Phi) is 6.90. The summed E-state index contributed by atoms with van der Waals surface area (Å²) in [5.41, 5.74) is 7.67. The molecule has 7 nitrogen and oxygen atoms in total. The van der Waals surface area contributed by atoms with Gasteiger partial charge in [-0.25, -0.2) is 0 Å². The van der Waals surface area contributed by atoms with Crippen LogP contribution in [0.15, 0.2) is 42.5 Å². The van der Waals surface area contributed by atoms with Crippen LogP contribution in [-0.4, -0.2) is 32.1 Å². The van der Waals surface area contributed by atoms with Gasteiger partial charge in [-0.05, 0) is 48.9 Å². The summed E-state index contributed by atoms with van der Waals surface area (Å²) in [5.74, 6) is 0.950. The summed E-state index contributed by atoms with van der Waals surface area (Å²) in [6.07, 6.45) is 1.47. The average Bonchev–Trinajstić information content (AvgIpc) is 3.06. The molecule has 8 heteroatoms. The van der Waals surface area contributed by atoms with Crippen molar-refractivity contribution in [1.82, 2.24) is 0 Å². The van der Waals surface area contributed by atoms with Gasteiger partial charge in [0.05, 0.1) is 12.8 Å². The maximum atomic E-state index is 12.0. The minimum absolute atomic E-state index is 0. The van der Waals surface area contributed by atoms with E-state index in [1.807, 2.05) is 12.1 Å². The molecular weight excluding hydrogens is 370 g/mol. The highest BCUT2D eigenvalue weighted by atomic mass is 35.5. The Bertz CT molecular complexity index is 811. The number of hydrogen-bond donors (Lipinski definition) is 2. The lowest BCUT2D eigenvalue weighted by atomic mass is 10.2. The summed E-state index contributed by atoms with van der Waals surface area (Å²) in [4.78, 5) is 25.5. The third-order valence-electron chi connectivity index (χ3n) is 4.11. The lowest BCUT2D eigenvalue weighted by molar-refractivity contribution is -0.118. The number of benzene rings is 2. The molecule has 0 aromatic heterocycles. The second-order valence-corrected chi connectivity index (χ2v) is 5.94. The zero-order chi connectivity index (χ0) is 18.5. The number of rotatable bonds is 6. The molecule has 1 saturated heterocycles. The van der Waals surface area contributed by atoms with Crippen molar-refractivity contribution in [2.45, 2.75) is 12.8 Å². The largest absolute Gasteiger partial charge is 0.495 e. The number of nitrogens with zero attached hydrogens (tertiary/aromatic N) is 1. The first-order valence-corrected chi connectivity index (χ1v) is 8.33. The van der Waals surface area contributed by atoms with E-state index in [2.05, 4.69) is 5.32 Å². The molecule has 2 aromatic carbocycles. The lowest BCUT2D eigenvalue weighted by Crippen LogP contribution is -2.23. The van der Waals surface area contributed by atoms with Crippen LogP contribution in [0.2, 0.25) is 0 Å². The van der Waals surface area contributed by atoms with Gasteiger partial charge < -0.3 is 25.4 Å². The summed E-state index contributed by atoms with van der Waals surface area (Å²) >= 11 is 0. The van der Waals surface area contributed by atoms with Crippen molar-refractivity contribution in [2.75, 3.05) is 36.2 Å². The second-order valence-electron chi connectivity index (χ2n) is 5.94. The molecule has 3 rings (SSSR count). The number of carbonyl (C=O) groups is 2. The monoisotopic (exact) mass is 391 g/mol. The number of nitrogens with two attached hydrogens (primary N) is 1. The number of ether oxygens (including phenoxy) is 2. The van der Waals surface area contributed by atoms with Gasteiger partial charge in [-0.2, -0.15) is 0 Å². The van der Waals surface area contributed by atoms with Gasteiger partial charge in [0.25, 0.3) is 5.91 Å². The maximum absolute atomic E-state index is 12.0.